The molecule has 1 aromatic rings. The molecular formula is C14H16N2O2. The Labute approximate surface area is 106 Å². The Morgan fingerprint density at radius 2 is 2.06 bits per heavy atom. The smallest absolute Gasteiger partial charge is 0.191 e. The summed E-state index contributed by atoms with van der Waals surface area (Å²) in [5, 5.41) is 6.59. The molecule has 1 saturated heterocycles. The number of anilines is 2. The summed E-state index contributed by atoms with van der Waals surface area (Å²) in [7, 11) is 1.90. The van der Waals surface area contributed by atoms with E-state index in [2.05, 4.69) is 10.6 Å². The Balaban J connectivity index is 1.91. The first kappa shape index (κ1) is 11.3. The maximum atomic E-state index is 5.75. The fraction of sp³-hybridized carbons (Fsp3) is 0.286. The van der Waals surface area contributed by atoms with Crippen LogP contribution in [0.2, 0.25) is 0 Å². The summed E-state index contributed by atoms with van der Waals surface area (Å²) in [6.07, 6.45) is 7.86. The summed E-state index contributed by atoms with van der Waals surface area (Å²) in [6.45, 7) is 0.300. The first-order valence-electron chi connectivity index (χ1n) is 6.01. The SMILES string of the molecule is CNc1ccccc1NC12C=CC=CC1OCO2. The maximum absolute atomic E-state index is 5.75. The van der Waals surface area contributed by atoms with Crippen LogP contribution in [0.1, 0.15) is 0 Å². The normalized spacial score (nSPS) is 29.1. The van der Waals surface area contributed by atoms with E-state index < -0.39 is 5.72 Å². The van der Waals surface area contributed by atoms with E-state index in [-0.39, 0.29) is 6.10 Å². The van der Waals surface area contributed by atoms with E-state index in [0.29, 0.717) is 6.79 Å². The molecule has 1 aromatic carbocycles. The molecule has 0 amide bonds. The van der Waals surface area contributed by atoms with Crippen LogP contribution >= 0.6 is 0 Å². The molecule has 4 heteroatoms. The van der Waals surface area contributed by atoms with Crippen LogP contribution in [-0.2, 0) is 9.47 Å². The van der Waals surface area contributed by atoms with Gasteiger partial charge in [-0.05, 0) is 18.2 Å². The molecule has 2 atom stereocenters. The van der Waals surface area contributed by atoms with Crippen molar-refractivity contribution >= 4 is 11.4 Å². The number of hydrogen-bond donors (Lipinski definition) is 2. The summed E-state index contributed by atoms with van der Waals surface area (Å²) >= 11 is 0. The van der Waals surface area contributed by atoms with Gasteiger partial charge in [-0.25, -0.2) is 0 Å². The average molecular weight is 244 g/mol. The second-order valence-electron chi connectivity index (χ2n) is 4.31. The highest BCUT2D eigenvalue weighted by Gasteiger charge is 2.43. The number of hydrogen-bond acceptors (Lipinski definition) is 4. The van der Waals surface area contributed by atoms with Gasteiger partial charge in [0.15, 0.2) is 12.5 Å². The zero-order valence-electron chi connectivity index (χ0n) is 10.2. The van der Waals surface area contributed by atoms with Crippen molar-refractivity contribution in [3.8, 4) is 0 Å². The lowest BCUT2D eigenvalue weighted by molar-refractivity contribution is 0.0287. The summed E-state index contributed by atoms with van der Waals surface area (Å²) < 4.78 is 11.3. The number of rotatable bonds is 3. The lowest BCUT2D eigenvalue weighted by atomic mass is 10.0. The largest absolute Gasteiger partial charge is 0.386 e. The molecule has 1 aliphatic heterocycles. The number of benzene rings is 1. The molecule has 2 N–H and O–H groups in total. The third-order valence-electron chi connectivity index (χ3n) is 3.24. The summed E-state index contributed by atoms with van der Waals surface area (Å²) in [5.74, 6) is 0. The van der Waals surface area contributed by atoms with Crippen LogP contribution in [0.5, 0.6) is 0 Å². The van der Waals surface area contributed by atoms with Gasteiger partial charge in [0.2, 0.25) is 0 Å². The Morgan fingerprint density at radius 3 is 2.89 bits per heavy atom. The van der Waals surface area contributed by atoms with Crippen LogP contribution in [-0.4, -0.2) is 25.7 Å². The number of ether oxygens (including phenoxy) is 2. The average Bonchev–Trinajstić information content (AvgIpc) is 2.82. The second-order valence-corrected chi connectivity index (χ2v) is 4.31. The lowest BCUT2D eigenvalue weighted by Gasteiger charge is -2.32. The monoisotopic (exact) mass is 244 g/mol. The Hall–Kier alpha value is -1.78. The highest BCUT2D eigenvalue weighted by molar-refractivity contribution is 5.69. The predicted octanol–water partition coefficient (Wildman–Crippen LogP) is 2.34. The van der Waals surface area contributed by atoms with Gasteiger partial charge in [-0.3, -0.25) is 0 Å². The van der Waals surface area contributed by atoms with Crippen LogP contribution in [0.3, 0.4) is 0 Å². The standard InChI is InChI=1S/C14H16N2O2/c1-15-11-6-2-3-7-12(11)16-14-9-5-4-8-13(14)17-10-18-14/h2-9,13,15-16H,10H2,1H3. The molecule has 0 radical (unpaired) electrons. The second kappa shape index (κ2) is 4.48. The van der Waals surface area contributed by atoms with E-state index in [4.69, 9.17) is 9.47 Å². The van der Waals surface area contributed by atoms with Crippen molar-refractivity contribution in [2.45, 2.75) is 11.8 Å². The van der Waals surface area contributed by atoms with E-state index in [9.17, 15) is 0 Å². The van der Waals surface area contributed by atoms with Crippen molar-refractivity contribution in [3.05, 3.63) is 48.6 Å². The molecule has 1 heterocycles. The molecule has 4 nitrogen and oxygen atoms in total. The molecule has 2 unspecified atom stereocenters. The number of allylic oxidation sites excluding steroid dienone is 2. The fourth-order valence-electron chi connectivity index (χ4n) is 2.29. The van der Waals surface area contributed by atoms with Crippen LogP contribution in [0.4, 0.5) is 11.4 Å². The maximum Gasteiger partial charge on any atom is 0.191 e. The van der Waals surface area contributed by atoms with Gasteiger partial charge < -0.3 is 20.1 Å². The van der Waals surface area contributed by atoms with Gasteiger partial charge in [0.1, 0.15) is 6.10 Å². The quantitative estimate of drug-likeness (QED) is 0.856. The Bertz CT molecular complexity index is 498. The molecule has 1 aliphatic carbocycles. The molecule has 1 fully saturated rings. The van der Waals surface area contributed by atoms with Crippen molar-refractivity contribution in [2.24, 2.45) is 0 Å². The first-order valence-corrected chi connectivity index (χ1v) is 6.01. The summed E-state index contributed by atoms with van der Waals surface area (Å²) in [5.41, 5.74) is 1.43. The van der Waals surface area contributed by atoms with E-state index in [1.54, 1.807) is 0 Å². The van der Waals surface area contributed by atoms with Crippen molar-refractivity contribution in [1.82, 2.24) is 0 Å². The van der Waals surface area contributed by atoms with Gasteiger partial charge in [0.25, 0.3) is 0 Å². The van der Waals surface area contributed by atoms with E-state index in [1.807, 2.05) is 55.6 Å². The van der Waals surface area contributed by atoms with Crippen LogP contribution in [0.15, 0.2) is 48.6 Å². The molecule has 18 heavy (non-hydrogen) atoms. The molecule has 94 valence electrons. The van der Waals surface area contributed by atoms with Gasteiger partial charge in [-0.2, -0.15) is 0 Å². The molecule has 3 rings (SSSR count). The topological polar surface area (TPSA) is 42.5 Å². The van der Waals surface area contributed by atoms with Gasteiger partial charge in [-0.15, -0.1) is 0 Å². The highest BCUT2D eigenvalue weighted by Crippen LogP contribution is 2.34. The molecular weight excluding hydrogens is 228 g/mol. The third-order valence-corrected chi connectivity index (χ3v) is 3.24. The molecule has 0 saturated carbocycles. The van der Waals surface area contributed by atoms with Crippen molar-refractivity contribution < 1.29 is 9.47 Å². The van der Waals surface area contributed by atoms with Gasteiger partial charge in [-0.1, -0.05) is 30.4 Å². The van der Waals surface area contributed by atoms with Gasteiger partial charge in [0.05, 0.1) is 11.4 Å². The minimum atomic E-state index is -0.596. The molecule has 0 aromatic heterocycles. The van der Waals surface area contributed by atoms with Crippen molar-refractivity contribution in [1.29, 1.82) is 0 Å². The Morgan fingerprint density at radius 1 is 1.22 bits per heavy atom. The predicted molar refractivity (Wildman–Crippen MR) is 71.4 cm³/mol. The highest BCUT2D eigenvalue weighted by atomic mass is 16.7. The van der Waals surface area contributed by atoms with E-state index in [1.165, 1.54) is 0 Å². The minimum Gasteiger partial charge on any atom is -0.386 e. The third kappa shape index (κ3) is 1.79. The van der Waals surface area contributed by atoms with Crippen LogP contribution in [0.25, 0.3) is 0 Å². The minimum absolute atomic E-state index is 0.0904. The first-order chi connectivity index (χ1) is 8.84. The molecule has 0 bridgehead atoms. The summed E-state index contributed by atoms with van der Waals surface area (Å²) in [6, 6.07) is 8.03. The van der Waals surface area contributed by atoms with E-state index in [0.717, 1.165) is 11.4 Å². The van der Waals surface area contributed by atoms with Crippen LogP contribution < -0.4 is 10.6 Å². The number of nitrogens with one attached hydrogen (secondary N) is 2. The lowest BCUT2D eigenvalue weighted by Crippen LogP contribution is -2.45. The van der Waals surface area contributed by atoms with Crippen molar-refractivity contribution in [2.75, 3.05) is 24.5 Å². The molecule has 0 spiro atoms. The fourth-order valence-corrected chi connectivity index (χ4v) is 2.29. The zero-order valence-corrected chi connectivity index (χ0v) is 10.2. The summed E-state index contributed by atoms with van der Waals surface area (Å²) in [4.78, 5) is 0. The number of fused-ring (bicyclic) bond motifs is 1. The van der Waals surface area contributed by atoms with Gasteiger partial charge >= 0.3 is 0 Å². The number of para-hydroxylation sites is 2. The molecule has 2 aliphatic rings. The van der Waals surface area contributed by atoms with Crippen molar-refractivity contribution in [3.63, 3.8) is 0 Å². The Kier molecular flexibility index (Phi) is 2.81. The van der Waals surface area contributed by atoms with E-state index >= 15 is 0 Å². The van der Waals surface area contributed by atoms with Crippen LogP contribution in [0, 0.1) is 0 Å². The zero-order chi connectivity index (χ0) is 12.4. The van der Waals surface area contributed by atoms with Gasteiger partial charge in [0, 0.05) is 7.05 Å².